The lowest BCUT2D eigenvalue weighted by Gasteiger charge is -2.31. The number of aromatic nitrogens is 2. The van der Waals surface area contributed by atoms with Crippen molar-refractivity contribution >= 4 is 27.7 Å². The highest BCUT2D eigenvalue weighted by Gasteiger charge is 2.36. The lowest BCUT2D eigenvalue weighted by atomic mass is 10.1. The van der Waals surface area contributed by atoms with Crippen LogP contribution in [-0.4, -0.2) is 54.6 Å². The van der Waals surface area contributed by atoms with E-state index >= 15 is 0 Å². The highest BCUT2D eigenvalue weighted by Crippen LogP contribution is 2.29. The van der Waals surface area contributed by atoms with Gasteiger partial charge in [0.2, 0.25) is 0 Å². The first-order valence-corrected chi connectivity index (χ1v) is 12.6. The molecule has 1 aromatic carbocycles. The molecule has 1 fully saturated rings. The van der Waals surface area contributed by atoms with Gasteiger partial charge in [0, 0.05) is 60.3 Å². The SMILES string of the molecule is CS(=O)C(C)(C)C#Cc1cc2cc(C(=O)N3CCC(F)(F)CC3)cnc2n1-c1ccc(C#N)cc1. The summed E-state index contributed by atoms with van der Waals surface area (Å²) in [4.78, 5) is 18.9. The number of alkyl halides is 2. The van der Waals surface area contributed by atoms with E-state index < -0.39 is 21.5 Å². The second-order valence-corrected chi connectivity index (χ2v) is 11.0. The van der Waals surface area contributed by atoms with E-state index in [1.165, 1.54) is 11.1 Å². The summed E-state index contributed by atoms with van der Waals surface area (Å²) in [6.45, 7) is 3.58. The number of pyridine rings is 1. The summed E-state index contributed by atoms with van der Waals surface area (Å²) < 4.78 is 40.2. The van der Waals surface area contributed by atoms with Gasteiger partial charge < -0.3 is 4.90 Å². The standard InChI is InChI=1S/C26H24F2N4O2S/c1-25(2,35(3)34)9-8-22-15-19-14-20(24(33)31-12-10-26(27,28)11-13-31)17-30-23(19)32(22)21-6-4-18(16-29)5-7-21/h4-7,14-15,17H,10-13H2,1-3H3. The molecule has 180 valence electrons. The van der Waals surface area contributed by atoms with Crippen molar-refractivity contribution in [3.05, 3.63) is 59.4 Å². The maximum Gasteiger partial charge on any atom is 0.255 e. The summed E-state index contributed by atoms with van der Waals surface area (Å²) in [5.74, 6) is 3.10. The van der Waals surface area contributed by atoms with Gasteiger partial charge in [-0.15, -0.1) is 0 Å². The van der Waals surface area contributed by atoms with Crippen LogP contribution < -0.4 is 0 Å². The molecule has 4 rings (SSSR count). The molecular weight excluding hydrogens is 470 g/mol. The van der Waals surface area contributed by atoms with Crippen LogP contribution in [0.5, 0.6) is 0 Å². The highest BCUT2D eigenvalue weighted by atomic mass is 32.2. The largest absolute Gasteiger partial charge is 0.338 e. The number of halogens is 2. The molecule has 1 amide bonds. The van der Waals surface area contributed by atoms with Crippen molar-refractivity contribution in [1.82, 2.24) is 14.5 Å². The Balaban J connectivity index is 1.78. The Morgan fingerprint density at radius 3 is 2.43 bits per heavy atom. The minimum atomic E-state index is -2.74. The fourth-order valence-corrected chi connectivity index (χ4v) is 3.95. The predicted octanol–water partition coefficient (Wildman–Crippen LogP) is 4.28. The topological polar surface area (TPSA) is 79.0 Å². The number of amides is 1. The van der Waals surface area contributed by atoms with Crippen LogP contribution in [0.2, 0.25) is 0 Å². The third-order valence-electron chi connectivity index (χ3n) is 6.13. The second kappa shape index (κ2) is 9.24. The zero-order chi connectivity index (χ0) is 25.4. The van der Waals surface area contributed by atoms with Gasteiger partial charge in [0.15, 0.2) is 0 Å². The summed E-state index contributed by atoms with van der Waals surface area (Å²) in [6, 6.07) is 12.5. The van der Waals surface area contributed by atoms with Crippen molar-refractivity contribution in [2.45, 2.75) is 37.4 Å². The number of fused-ring (bicyclic) bond motifs is 1. The second-order valence-electron chi connectivity index (χ2n) is 9.02. The summed E-state index contributed by atoms with van der Waals surface area (Å²) in [5, 5.41) is 9.79. The average Bonchev–Trinajstić information content (AvgIpc) is 3.20. The number of benzene rings is 1. The monoisotopic (exact) mass is 494 g/mol. The quantitative estimate of drug-likeness (QED) is 0.509. The van der Waals surface area contributed by atoms with Crippen LogP contribution in [-0.2, 0) is 10.8 Å². The van der Waals surface area contributed by atoms with E-state index in [2.05, 4.69) is 22.9 Å². The number of likely N-dealkylation sites (tertiary alicyclic amines) is 1. The lowest BCUT2D eigenvalue weighted by Crippen LogP contribution is -2.42. The Morgan fingerprint density at radius 2 is 1.83 bits per heavy atom. The average molecular weight is 495 g/mol. The zero-order valence-corrected chi connectivity index (χ0v) is 20.5. The first kappa shape index (κ1) is 24.6. The molecule has 0 radical (unpaired) electrons. The Bertz CT molecular complexity index is 1420. The molecule has 35 heavy (non-hydrogen) atoms. The summed E-state index contributed by atoms with van der Waals surface area (Å²) in [5.41, 5.74) is 2.68. The van der Waals surface area contributed by atoms with E-state index in [1.54, 1.807) is 56.5 Å². The third kappa shape index (κ3) is 5.11. The van der Waals surface area contributed by atoms with Crippen LogP contribution in [0.15, 0.2) is 42.6 Å². The first-order valence-electron chi connectivity index (χ1n) is 11.1. The van der Waals surface area contributed by atoms with E-state index in [4.69, 9.17) is 5.26 Å². The Morgan fingerprint density at radius 1 is 1.17 bits per heavy atom. The molecule has 1 saturated heterocycles. The molecule has 1 aliphatic rings. The molecule has 0 bridgehead atoms. The predicted molar refractivity (Wildman–Crippen MR) is 131 cm³/mol. The normalized spacial score (nSPS) is 16.3. The number of nitrogens with zero attached hydrogens (tertiary/aromatic N) is 4. The van der Waals surface area contributed by atoms with Crippen LogP contribution in [0, 0.1) is 23.2 Å². The maximum absolute atomic E-state index is 13.5. The molecule has 2 aromatic heterocycles. The summed E-state index contributed by atoms with van der Waals surface area (Å²) >= 11 is 0. The number of carbonyl (C=O) groups is 1. The number of carbonyl (C=O) groups excluding carboxylic acids is 1. The van der Waals surface area contributed by atoms with Gasteiger partial charge in [-0.3, -0.25) is 13.6 Å². The molecule has 3 heterocycles. The Labute approximate surface area is 205 Å². The smallest absolute Gasteiger partial charge is 0.255 e. The molecule has 3 aromatic rings. The van der Waals surface area contributed by atoms with E-state index in [0.717, 1.165) is 5.69 Å². The van der Waals surface area contributed by atoms with E-state index in [9.17, 15) is 17.8 Å². The Kier molecular flexibility index (Phi) is 6.48. The zero-order valence-electron chi connectivity index (χ0n) is 19.6. The first-order chi connectivity index (χ1) is 16.5. The van der Waals surface area contributed by atoms with Crippen LogP contribution in [0.25, 0.3) is 16.7 Å². The molecule has 6 nitrogen and oxygen atoms in total. The van der Waals surface area contributed by atoms with Gasteiger partial charge in [0.05, 0.1) is 22.9 Å². The molecule has 1 unspecified atom stereocenters. The number of rotatable bonds is 3. The van der Waals surface area contributed by atoms with Gasteiger partial charge in [0.25, 0.3) is 11.8 Å². The van der Waals surface area contributed by atoms with Crippen molar-refractivity contribution in [3.8, 4) is 23.6 Å². The molecule has 0 saturated carbocycles. The minimum absolute atomic E-state index is 0.00388. The van der Waals surface area contributed by atoms with Crippen molar-refractivity contribution in [2.75, 3.05) is 19.3 Å². The Hall–Kier alpha value is -3.56. The maximum atomic E-state index is 13.5. The van der Waals surface area contributed by atoms with Gasteiger partial charge in [-0.1, -0.05) is 5.92 Å². The minimum Gasteiger partial charge on any atom is -0.338 e. The van der Waals surface area contributed by atoms with E-state index in [1.807, 2.05) is 4.57 Å². The molecular formula is C26H24F2N4O2S. The number of hydrogen-bond donors (Lipinski definition) is 0. The van der Waals surface area contributed by atoms with Crippen LogP contribution in [0.4, 0.5) is 8.78 Å². The number of piperidine rings is 1. The molecule has 9 heteroatoms. The van der Waals surface area contributed by atoms with Crippen molar-refractivity contribution in [3.63, 3.8) is 0 Å². The molecule has 0 spiro atoms. The van der Waals surface area contributed by atoms with Gasteiger partial charge >= 0.3 is 0 Å². The van der Waals surface area contributed by atoms with E-state index in [0.29, 0.717) is 27.9 Å². The summed E-state index contributed by atoms with van der Waals surface area (Å²) in [7, 11) is -1.18. The number of nitriles is 1. The van der Waals surface area contributed by atoms with Crippen molar-refractivity contribution in [1.29, 1.82) is 5.26 Å². The van der Waals surface area contributed by atoms with Crippen LogP contribution in [0.1, 0.15) is 48.3 Å². The van der Waals surface area contributed by atoms with Crippen LogP contribution >= 0.6 is 0 Å². The molecule has 0 N–H and O–H groups in total. The van der Waals surface area contributed by atoms with Gasteiger partial charge in [0.1, 0.15) is 10.4 Å². The summed E-state index contributed by atoms with van der Waals surface area (Å²) in [6.07, 6.45) is 2.34. The lowest BCUT2D eigenvalue weighted by molar-refractivity contribution is -0.0494. The fraction of sp³-hybridized carbons (Fsp3) is 0.346. The molecule has 1 atom stereocenters. The third-order valence-corrected chi connectivity index (χ3v) is 7.67. The van der Waals surface area contributed by atoms with Crippen molar-refractivity contribution in [2.24, 2.45) is 0 Å². The van der Waals surface area contributed by atoms with Gasteiger partial charge in [-0.05, 0) is 56.2 Å². The molecule has 0 aliphatic carbocycles. The van der Waals surface area contributed by atoms with Crippen LogP contribution in [0.3, 0.4) is 0 Å². The number of hydrogen-bond acceptors (Lipinski definition) is 4. The van der Waals surface area contributed by atoms with Gasteiger partial charge in [-0.25, -0.2) is 13.8 Å². The van der Waals surface area contributed by atoms with E-state index in [-0.39, 0.29) is 31.8 Å². The molecule has 1 aliphatic heterocycles. The highest BCUT2D eigenvalue weighted by molar-refractivity contribution is 7.85. The fourth-order valence-electron chi connectivity index (χ4n) is 3.75. The van der Waals surface area contributed by atoms with Crippen molar-refractivity contribution < 1.29 is 17.8 Å². The van der Waals surface area contributed by atoms with Gasteiger partial charge in [-0.2, -0.15) is 5.26 Å².